The zero-order chi connectivity index (χ0) is 13.6. The van der Waals surface area contributed by atoms with Gasteiger partial charge in [-0.05, 0) is 19.3 Å². The minimum atomic E-state index is -2.70. The van der Waals surface area contributed by atoms with Gasteiger partial charge in [0.25, 0.3) is 0 Å². The van der Waals surface area contributed by atoms with E-state index in [-0.39, 0.29) is 30.2 Å². The van der Waals surface area contributed by atoms with Crippen LogP contribution in [-0.4, -0.2) is 29.1 Å². The summed E-state index contributed by atoms with van der Waals surface area (Å²) in [5.41, 5.74) is -0.354. The average Bonchev–Trinajstić information content (AvgIpc) is 2.27. The number of aliphatic hydroxyl groups is 1. The molecule has 0 saturated heterocycles. The Morgan fingerprint density at radius 2 is 2.06 bits per heavy atom. The first-order valence-corrected chi connectivity index (χ1v) is 6.59. The van der Waals surface area contributed by atoms with E-state index in [9.17, 15) is 18.7 Å². The van der Waals surface area contributed by atoms with Crippen LogP contribution in [0.4, 0.5) is 8.78 Å². The predicted octanol–water partition coefficient (Wildman–Crippen LogP) is 2.09. The van der Waals surface area contributed by atoms with E-state index in [0.717, 1.165) is 0 Å². The number of aliphatic hydroxyl groups excluding tert-OH is 1. The number of carbonyl (C=O) groups excluding carboxylic acids is 1. The first kappa shape index (κ1) is 13.7. The summed E-state index contributed by atoms with van der Waals surface area (Å²) in [5, 5.41) is 12.4. The second-order valence-corrected chi connectivity index (χ2v) is 6.28. The summed E-state index contributed by atoms with van der Waals surface area (Å²) in [4.78, 5) is 12.0. The van der Waals surface area contributed by atoms with Gasteiger partial charge in [-0.25, -0.2) is 8.78 Å². The number of halogens is 2. The lowest BCUT2D eigenvalue weighted by Crippen LogP contribution is -2.62. The fraction of sp³-hybridized carbons (Fsp3) is 0.923. The molecule has 2 saturated carbocycles. The molecule has 3 nitrogen and oxygen atoms in total. The molecular weight excluding hydrogens is 240 g/mol. The van der Waals surface area contributed by atoms with E-state index in [2.05, 4.69) is 5.32 Å². The van der Waals surface area contributed by atoms with Crippen molar-refractivity contribution in [1.29, 1.82) is 0 Å². The van der Waals surface area contributed by atoms with Crippen LogP contribution in [0, 0.1) is 11.3 Å². The van der Waals surface area contributed by atoms with Crippen LogP contribution in [0.1, 0.15) is 46.0 Å². The quantitative estimate of drug-likeness (QED) is 0.799. The summed E-state index contributed by atoms with van der Waals surface area (Å²) in [6.07, 6.45) is 0.593. The Labute approximate surface area is 106 Å². The Balaban J connectivity index is 1.89. The number of rotatable bonds is 2. The highest BCUT2D eigenvalue weighted by atomic mass is 19.3. The van der Waals surface area contributed by atoms with Crippen LogP contribution in [0.15, 0.2) is 0 Å². The number of alkyl halides is 2. The molecular formula is C13H21F2NO2. The van der Waals surface area contributed by atoms with E-state index in [4.69, 9.17) is 0 Å². The molecule has 5 heteroatoms. The zero-order valence-electron chi connectivity index (χ0n) is 10.9. The lowest BCUT2D eigenvalue weighted by atomic mass is 9.64. The lowest BCUT2D eigenvalue weighted by Gasteiger charge is -2.49. The van der Waals surface area contributed by atoms with Gasteiger partial charge in [0, 0.05) is 30.2 Å². The van der Waals surface area contributed by atoms with Crippen molar-refractivity contribution in [3.05, 3.63) is 0 Å². The number of amides is 1. The molecule has 1 amide bonds. The van der Waals surface area contributed by atoms with Crippen molar-refractivity contribution < 1.29 is 18.7 Å². The van der Waals surface area contributed by atoms with Gasteiger partial charge in [0.05, 0.1) is 6.10 Å². The van der Waals surface area contributed by atoms with E-state index >= 15 is 0 Å². The molecule has 0 spiro atoms. The van der Waals surface area contributed by atoms with E-state index in [0.29, 0.717) is 19.3 Å². The molecule has 0 aliphatic heterocycles. The van der Waals surface area contributed by atoms with Gasteiger partial charge < -0.3 is 10.4 Å². The normalized spacial score (nSPS) is 37.7. The number of hydrogen-bond donors (Lipinski definition) is 2. The fourth-order valence-corrected chi connectivity index (χ4v) is 2.83. The molecule has 0 radical (unpaired) electrons. The standard InChI is InChI=1S/C13H21F2NO2/c1-12(2)9(6-10(12)17)16-11(18)8-4-3-5-13(14,15)7-8/h8-10,17H,3-7H2,1-2H3,(H,16,18). The molecule has 0 bridgehead atoms. The third kappa shape index (κ3) is 2.51. The summed E-state index contributed by atoms with van der Waals surface area (Å²) in [5.74, 6) is -3.56. The molecule has 3 unspecified atom stereocenters. The number of carbonyl (C=O) groups is 1. The first-order chi connectivity index (χ1) is 8.22. The largest absolute Gasteiger partial charge is 0.392 e. The average molecular weight is 261 g/mol. The van der Waals surface area contributed by atoms with Gasteiger partial charge in [-0.15, -0.1) is 0 Å². The Hall–Kier alpha value is -0.710. The van der Waals surface area contributed by atoms with Crippen LogP contribution in [0.5, 0.6) is 0 Å². The predicted molar refractivity (Wildman–Crippen MR) is 63.2 cm³/mol. The van der Waals surface area contributed by atoms with Crippen molar-refractivity contribution in [1.82, 2.24) is 5.32 Å². The molecule has 0 heterocycles. The van der Waals surface area contributed by atoms with Gasteiger partial charge in [-0.3, -0.25) is 4.79 Å². The van der Waals surface area contributed by atoms with Gasteiger partial charge >= 0.3 is 0 Å². The van der Waals surface area contributed by atoms with Crippen LogP contribution < -0.4 is 5.32 Å². The lowest BCUT2D eigenvalue weighted by molar-refractivity contribution is -0.139. The topological polar surface area (TPSA) is 49.3 Å². The van der Waals surface area contributed by atoms with Crippen molar-refractivity contribution in [2.75, 3.05) is 0 Å². The van der Waals surface area contributed by atoms with Crippen LogP contribution in [0.3, 0.4) is 0 Å². The molecule has 2 aliphatic carbocycles. The van der Waals surface area contributed by atoms with E-state index in [1.165, 1.54) is 0 Å². The molecule has 2 fully saturated rings. The molecule has 104 valence electrons. The molecule has 0 aromatic rings. The fourth-order valence-electron chi connectivity index (χ4n) is 2.83. The maximum Gasteiger partial charge on any atom is 0.248 e. The number of nitrogens with one attached hydrogen (secondary N) is 1. The smallest absolute Gasteiger partial charge is 0.248 e. The van der Waals surface area contributed by atoms with E-state index in [1.54, 1.807) is 0 Å². The zero-order valence-corrected chi connectivity index (χ0v) is 10.9. The van der Waals surface area contributed by atoms with E-state index in [1.807, 2.05) is 13.8 Å². The van der Waals surface area contributed by atoms with Crippen LogP contribution in [0.25, 0.3) is 0 Å². The molecule has 0 aromatic heterocycles. The Bertz CT molecular complexity index is 344. The van der Waals surface area contributed by atoms with Crippen molar-refractivity contribution in [2.24, 2.45) is 11.3 Å². The molecule has 2 aliphatic rings. The van der Waals surface area contributed by atoms with Crippen molar-refractivity contribution in [3.8, 4) is 0 Å². The molecule has 2 N–H and O–H groups in total. The summed E-state index contributed by atoms with van der Waals surface area (Å²) >= 11 is 0. The highest BCUT2D eigenvalue weighted by Crippen LogP contribution is 2.41. The Morgan fingerprint density at radius 1 is 1.39 bits per heavy atom. The van der Waals surface area contributed by atoms with Gasteiger partial charge in [0.1, 0.15) is 0 Å². The third-order valence-electron chi connectivity index (χ3n) is 4.54. The molecule has 0 aromatic carbocycles. The van der Waals surface area contributed by atoms with Crippen molar-refractivity contribution >= 4 is 5.91 Å². The van der Waals surface area contributed by atoms with Gasteiger partial charge in [-0.2, -0.15) is 0 Å². The maximum absolute atomic E-state index is 13.2. The summed E-state index contributed by atoms with van der Waals surface area (Å²) in [6, 6.07) is -0.101. The first-order valence-electron chi connectivity index (χ1n) is 6.59. The molecule has 3 atom stereocenters. The van der Waals surface area contributed by atoms with Crippen molar-refractivity contribution in [2.45, 2.75) is 64.0 Å². The summed E-state index contributed by atoms with van der Waals surface area (Å²) in [7, 11) is 0. The second kappa shape index (κ2) is 4.44. The SMILES string of the molecule is CC1(C)C(O)CC1NC(=O)C1CCCC(F)(F)C1. The molecule has 2 rings (SSSR count). The summed E-state index contributed by atoms with van der Waals surface area (Å²) in [6.45, 7) is 3.75. The second-order valence-electron chi connectivity index (χ2n) is 6.28. The third-order valence-corrected chi connectivity index (χ3v) is 4.54. The maximum atomic E-state index is 13.2. The van der Waals surface area contributed by atoms with E-state index < -0.39 is 17.9 Å². The van der Waals surface area contributed by atoms with Gasteiger partial charge in [-0.1, -0.05) is 13.8 Å². The van der Waals surface area contributed by atoms with Crippen LogP contribution in [-0.2, 0) is 4.79 Å². The highest BCUT2D eigenvalue weighted by molar-refractivity contribution is 5.79. The van der Waals surface area contributed by atoms with Crippen molar-refractivity contribution in [3.63, 3.8) is 0 Å². The van der Waals surface area contributed by atoms with Gasteiger partial charge in [0.2, 0.25) is 11.8 Å². The van der Waals surface area contributed by atoms with Crippen LogP contribution >= 0.6 is 0 Å². The summed E-state index contributed by atoms with van der Waals surface area (Å²) < 4.78 is 26.5. The molecule has 18 heavy (non-hydrogen) atoms. The Morgan fingerprint density at radius 3 is 2.56 bits per heavy atom. The minimum absolute atomic E-state index is 0.101. The Kier molecular flexibility index (Phi) is 3.38. The minimum Gasteiger partial charge on any atom is -0.392 e. The van der Waals surface area contributed by atoms with Crippen LogP contribution in [0.2, 0.25) is 0 Å². The van der Waals surface area contributed by atoms with Gasteiger partial charge in [0.15, 0.2) is 0 Å². The highest BCUT2D eigenvalue weighted by Gasteiger charge is 2.49. The number of hydrogen-bond acceptors (Lipinski definition) is 2. The monoisotopic (exact) mass is 261 g/mol.